The number of carbonyl (C=O) groups excluding carboxylic acids is 1. The minimum absolute atomic E-state index is 0.0270. The van der Waals surface area contributed by atoms with E-state index < -0.39 is 15.5 Å². The number of H-pyrrole nitrogens is 1. The Morgan fingerprint density at radius 1 is 1.14 bits per heavy atom. The minimum atomic E-state index is -3.95. The predicted octanol–water partition coefficient (Wildman–Crippen LogP) is 4.16. The van der Waals surface area contributed by atoms with Crippen LogP contribution in [0.1, 0.15) is 49.9 Å². The van der Waals surface area contributed by atoms with E-state index >= 15 is 0 Å². The van der Waals surface area contributed by atoms with Gasteiger partial charge in [0.1, 0.15) is 11.3 Å². The van der Waals surface area contributed by atoms with Crippen molar-refractivity contribution in [1.29, 1.82) is 0 Å². The van der Waals surface area contributed by atoms with Gasteiger partial charge in [-0.05, 0) is 75.1 Å². The maximum Gasteiger partial charge on any atom is 0.264 e. The van der Waals surface area contributed by atoms with Crippen molar-refractivity contribution in [2.45, 2.75) is 50.5 Å². The van der Waals surface area contributed by atoms with Gasteiger partial charge in [0, 0.05) is 36.7 Å². The molecule has 35 heavy (non-hydrogen) atoms. The number of carbonyl (C=O) groups is 1. The lowest BCUT2D eigenvalue weighted by atomic mass is 9.99. The molecule has 1 aliphatic rings. The van der Waals surface area contributed by atoms with Crippen LogP contribution in [-0.4, -0.2) is 50.5 Å². The zero-order valence-electron chi connectivity index (χ0n) is 20.3. The minimum Gasteiger partial charge on any atom is -0.494 e. The van der Waals surface area contributed by atoms with Gasteiger partial charge in [-0.3, -0.25) is 13.9 Å². The summed E-state index contributed by atoms with van der Waals surface area (Å²) in [6.07, 6.45) is 5.17. The summed E-state index contributed by atoms with van der Waals surface area (Å²) in [7, 11) is -2.49. The highest BCUT2D eigenvalue weighted by atomic mass is 32.2. The van der Waals surface area contributed by atoms with E-state index in [1.807, 2.05) is 13.8 Å². The van der Waals surface area contributed by atoms with Crippen LogP contribution in [0.3, 0.4) is 0 Å². The number of rotatable bonds is 7. The smallest absolute Gasteiger partial charge is 0.264 e. The molecule has 2 aromatic carbocycles. The first-order chi connectivity index (χ1) is 16.8. The van der Waals surface area contributed by atoms with Gasteiger partial charge in [0.15, 0.2) is 0 Å². The number of fused-ring (bicyclic) bond motifs is 1. The molecule has 186 valence electrons. The molecule has 1 N–H and O–H groups in total. The number of pyridine rings is 1. The van der Waals surface area contributed by atoms with Crippen LogP contribution in [0.4, 0.5) is 5.69 Å². The fourth-order valence-electron chi connectivity index (χ4n) is 4.58. The Bertz CT molecular complexity index is 1380. The first kappa shape index (κ1) is 24.8. The van der Waals surface area contributed by atoms with Gasteiger partial charge in [-0.15, -0.1) is 0 Å². The largest absolute Gasteiger partial charge is 0.494 e. The predicted molar refractivity (Wildman–Crippen MR) is 137 cm³/mol. The first-order valence-corrected chi connectivity index (χ1v) is 13.4. The molecular formula is C26H31N3O5S. The highest BCUT2D eigenvalue weighted by molar-refractivity contribution is 7.92. The van der Waals surface area contributed by atoms with Gasteiger partial charge in [0.2, 0.25) is 5.43 Å². The number of benzene rings is 2. The van der Waals surface area contributed by atoms with Crippen molar-refractivity contribution >= 4 is 32.5 Å². The molecule has 0 bridgehead atoms. The molecule has 0 spiro atoms. The molecule has 1 fully saturated rings. The highest BCUT2D eigenvalue weighted by Crippen LogP contribution is 2.26. The summed E-state index contributed by atoms with van der Waals surface area (Å²) >= 11 is 0. The third-order valence-electron chi connectivity index (χ3n) is 6.61. The molecule has 3 aromatic rings. The number of ether oxygens (including phenoxy) is 1. The van der Waals surface area contributed by atoms with Crippen molar-refractivity contribution in [2.24, 2.45) is 0 Å². The van der Waals surface area contributed by atoms with Crippen molar-refractivity contribution in [3.8, 4) is 5.75 Å². The van der Waals surface area contributed by atoms with E-state index in [1.165, 1.54) is 25.4 Å². The Balaban J connectivity index is 1.69. The zero-order chi connectivity index (χ0) is 25.2. The van der Waals surface area contributed by atoms with E-state index in [0.717, 1.165) is 30.0 Å². The van der Waals surface area contributed by atoms with Gasteiger partial charge in [0.25, 0.3) is 15.9 Å². The van der Waals surface area contributed by atoms with Crippen LogP contribution in [-0.2, 0) is 10.0 Å². The van der Waals surface area contributed by atoms with Crippen LogP contribution >= 0.6 is 0 Å². The van der Waals surface area contributed by atoms with E-state index in [-0.39, 0.29) is 27.8 Å². The molecule has 0 radical (unpaired) electrons. The number of sulfonamides is 1. The summed E-state index contributed by atoms with van der Waals surface area (Å²) in [5.74, 6) is 0.343. The monoisotopic (exact) mass is 497 g/mol. The van der Waals surface area contributed by atoms with Crippen LogP contribution < -0.4 is 14.5 Å². The number of anilines is 1. The molecular weight excluding hydrogens is 466 g/mol. The maximum atomic E-state index is 13.4. The van der Waals surface area contributed by atoms with Crippen LogP contribution in [0.2, 0.25) is 0 Å². The molecule has 2 heterocycles. The standard InChI is InChI=1S/C26H31N3O5S/c1-4-18-8-6-7-15-29(18)26(31)23-17-27-24-14-13-21(16-22(24)25(23)30)35(32,33)28(3)19-9-11-20(12-10-19)34-5-2/h9-14,16-18H,4-8,15H2,1-3H3,(H,27,30). The average molecular weight is 498 g/mol. The molecule has 0 saturated carbocycles. The van der Waals surface area contributed by atoms with Crippen molar-refractivity contribution in [1.82, 2.24) is 9.88 Å². The number of aromatic nitrogens is 1. The second-order valence-corrected chi connectivity index (χ2v) is 10.7. The Kier molecular flexibility index (Phi) is 7.16. The fourth-order valence-corrected chi connectivity index (χ4v) is 5.80. The van der Waals surface area contributed by atoms with Gasteiger partial charge in [-0.1, -0.05) is 6.92 Å². The van der Waals surface area contributed by atoms with Crippen molar-refractivity contribution in [3.63, 3.8) is 0 Å². The number of likely N-dealkylation sites (tertiary alicyclic amines) is 1. The van der Waals surface area contributed by atoms with Gasteiger partial charge in [-0.2, -0.15) is 0 Å². The Morgan fingerprint density at radius 2 is 1.89 bits per heavy atom. The van der Waals surface area contributed by atoms with Crippen LogP contribution in [0.15, 0.2) is 58.4 Å². The third-order valence-corrected chi connectivity index (χ3v) is 8.39. The molecule has 0 aliphatic carbocycles. The molecule has 4 rings (SSSR count). The van der Waals surface area contributed by atoms with E-state index in [2.05, 4.69) is 4.98 Å². The topological polar surface area (TPSA) is 99.8 Å². The number of nitrogens with zero attached hydrogens (tertiary/aromatic N) is 2. The second kappa shape index (κ2) is 10.1. The maximum absolute atomic E-state index is 13.4. The molecule has 1 amide bonds. The second-order valence-electron chi connectivity index (χ2n) is 8.69. The molecule has 1 unspecified atom stereocenters. The quantitative estimate of drug-likeness (QED) is 0.528. The molecule has 1 atom stereocenters. The third kappa shape index (κ3) is 4.77. The highest BCUT2D eigenvalue weighted by Gasteiger charge is 2.28. The van der Waals surface area contributed by atoms with Crippen LogP contribution in [0, 0.1) is 0 Å². The first-order valence-electron chi connectivity index (χ1n) is 12.0. The van der Waals surface area contributed by atoms with Crippen molar-refractivity contribution in [2.75, 3.05) is 24.5 Å². The summed E-state index contributed by atoms with van der Waals surface area (Å²) < 4.78 is 33.3. The summed E-state index contributed by atoms with van der Waals surface area (Å²) in [5.41, 5.74) is 0.499. The van der Waals surface area contributed by atoms with Crippen LogP contribution in [0.25, 0.3) is 10.9 Å². The molecule has 1 aliphatic heterocycles. The van der Waals surface area contributed by atoms with E-state index in [9.17, 15) is 18.0 Å². The van der Waals surface area contributed by atoms with Gasteiger partial charge in [0.05, 0.1) is 17.2 Å². The fraction of sp³-hybridized carbons (Fsp3) is 0.385. The van der Waals surface area contributed by atoms with Crippen LogP contribution in [0.5, 0.6) is 5.75 Å². The Labute approximate surface area is 205 Å². The number of piperidine rings is 1. The number of hydrogen-bond donors (Lipinski definition) is 1. The summed E-state index contributed by atoms with van der Waals surface area (Å²) in [5, 5.41) is 0.169. The zero-order valence-corrected chi connectivity index (χ0v) is 21.1. The van der Waals surface area contributed by atoms with Crippen molar-refractivity contribution in [3.05, 3.63) is 64.4 Å². The summed E-state index contributed by atoms with van der Waals surface area (Å²) in [6, 6.07) is 11.2. The van der Waals surface area contributed by atoms with E-state index in [4.69, 9.17) is 4.74 Å². The van der Waals surface area contributed by atoms with Crippen molar-refractivity contribution < 1.29 is 17.9 Å². The Morgan fingerprint density at radius 3 is 2.57 bits per heavy atom. The molecule has 1 saturated heterocycles. The van der Waals surface area contributed by atoms with E-state index in [0.29, 0.717) is 30.1 Å². The average Bonchev–Trinajstić information content (AvgIpc) is 2.88. The Hall–Kier alpha value is -3.33. The lowest BCUT2D eigenvalue weighted by Gasteiger charge is -2.35. The summed E-state index contributed by atoms with van der Waals surface area (Å²) in [4.78, 5) is 31.3. The normalized spacial score (nSPS) is 16.3. The molecule has 8 nitrogen and oxygen atoms in total. The van der Waals surface area contributed by atoms with Gasteiger partial charge in [-0.25, -0.2) is 8.42 Å². The number of amides is 1. The SMILES string of the molecule is CCOc1ccc(N(C)S(=O)(=O)c2ccc3[nH]cc(C(=O)N4CCCCC4CC)c(=O)c3c2)cc1. The number of hydrogen-bond acceptors (Lipinski definition) is 5. The lowest BCUT2D eigenvalue weighted by Crippen LogP contribution is -2.44. The van der Waals surface area contributed by atoms with Gasteiger partial charge < -0.3 is 14.6 Å². The lowest BCUT2D eigenvalue weighted by molar-refractivity contribution is 0.0606. The number of nitrogens with one attached hydrogen (secondary N) is 1. The number of aromatic amines is 1. The van der Waals surface area contributed by atoms with Gasteiger partial charge >= 0.3 is 0 Å². The van der Waals surface area contributed by atoms with E-state index in [1.54, 1.807) is 35.2 Å². The molecule has 9 heteroatoms. The molecule has 1 aromatic heterocycles. The summed E-state index contributed by atoms with van der Waals surface area (Å²) in [6.45, 7) is 5.05.